The molecule has 26 heavy (non-hydrogen) atoms. The molecule has 0 saturated carbocycles. The first kappa shape index (κ1) is 16.5. The van der Waals surface area contributed by atoms with E-state index in [9.17, 15) is 15.0 Å². The minimum absolute atomic E-state index is 0.121. The predicted octanol–water partition coefficient (Wildman–Crippen LogP) is 4.35. The van der Waals surface area contributed by atoms with Crippen LogP contribution in [0.1, 0.15) is 22.3 Å². The van der Waals surface area contributed by atoms with E-state index in [2.05, 4.69) is 5.32 Å². The molecule has 0 aromatic heterocycles. The number of phenolic OH excluding ortho intramolecular Hbond substituents is 2. The molecular formula is C21H16ClNO3. The third kappa shape index (κ3) is 2.19. The van der Waals surface area contributed by atoms with Gasteiger partial charge in [-0.25, -0.2) is 0 Å². The van der Waals surface area contributed by atoms with Crippen LogP contribution in [0.15, 0.2) is 60.7 Å². The van der Waals surface area contributed by atoms with Gasteiger partial charge in [0.05, 0.1) is 10.7 Å². The number of carbonyl (C=O) groups is 1. The predicted molar refractivity (Wildman–Crippen MR) is 101 cm³/mol. The number of rotatable bonds is 2. The normalized spacial score (nSPS) is 14.8. The standard InChI is InChI=1S/C21H16ClNO3/c1-12-2-11-17-19(18(12)22)23-20(26)21(17,13-3-7-15(24)8-4-13)14-5-9-16(25)10-6-14/h2-11,24-25H,1H3,(H,23,26). The molecule has 0 bridgehead atoms. The Bertz CT molecular complexity index is 965. The largest absolute Gasteiger partial charge is 0.508 e. The van der Waals surface area contributed by atoms with Crippen molar-refractivity contribution in [1.29, 1.82) is 0 Å². The van der Waals surface area contributed by atoms with Gasteiger partial charge in [-0.2, -0.15) is 0 Å². The Balaban J connectivity index is 2.08. The van der Waals surface area contributed by atoms with Crippen LogP contribution < -0.4 is 5.32 Å². The lowest BCUT2D eigenvalue weighted by atomic mass is 9.70. The van der Waals surface area contributed by atoms with Gasteiger partial charge >= 0.3 is 0 Å². The summed E-state index contributed by atoms with van der Waals surface area (Å²) in [6, 6.07) is 16.9. The van der Waals surface area contributed by atoms with Crippen LogP contribution in [-0.4, -0.2) is 16.1 Å². The van der Waals surface area contributed by atoms with Crippen molar-refractivity contribution in [3.63, 3.8) is 0 Å². The third-order valence-corrected chi connectivity index (χ3v) is 5.41. The molecule has 3 aromatic carbocycles. The summed E-state index contributed by atoms with van der Waals surface area (Å²) in [6.45, 7) is 1.88. The lowest BCUT2D eigenvalue weighted by Gasteiger charge is -2.29. The number of aryl methyl sites for hydroxylation is 1. The summed E-state index contributed by atoms with van der Waals surface area (Å²) in [5.74, 6) is 0.0155. The van der Waals surface area contributed by atoms with Gasteiger partial charge < -0.3 is 15.5 Å². The molecule has 130 valence electrons. The number of aromatic hydroxyl groups is 2. The number of anilines is 1. The van der Waals surface area contributed by atoms with Gasteiger partial charge in [0, 0.05) is 5.56 Å². The summed E-state index contributed by atoms with van der Waals surface area (Å²) in [5.41, 5.74) is 2.51. The van der Waals surface area contributed by atoms with Gasteiger partial charge in [-0.15, -0.1) is 0 Å². The lowest BCUT2D eigenvalue weighted by molar-refractivity contribution is -0.118. The molecule has 1 aliphatic rings. The van der Waals surface area contributed by atoms with Crippen LogP contribution in [0, 0.1) is 6.92 Å². The number of carbonyl (C=O) groups excluding carboxylic acids is 1. The van der Waals surface area contributed by atoms with Crippen molar-refractivity contribution in [1.82, 2.24) is 0 Å². The molecule has 0 radical (unpaired) electrons. The van der Waals surface area contributed by atoms with Crippen molar-refractivity contribution in [2.75, 3.05) is 5.32 Å². The zero-order valence-corrected chi connectivity index (χ0v) is 14.7. The molecule has 0 saturated heterocycles. The number of phenols is 2. The molecule has 1 amide bonds. The van der Waals surface area contributed by atoms with Crippen LogP contribution in [0.5, 0.6) is 11.5 Å². The van der Waals surface area contributed by atoms with Gasteiger partial charge in [0.2, 0.25) is 5.91 Å². The maximum atomic E-state index is 13.3. The number of benzene rings is 3. The number of halogens is 1. The van der Waals surface area contributed by atoms with Gasteiger partial charge in [-0.05, 0) is 47.9 Å². The van der Waals surface area contributed by atoms with Crippen molar-refractivity contribution < 1.29 is 15.0 Å². The van der Waals surface area contributed by atoms with E-state index in [0.717, 1.165) is 11.1 Å². The summed E-state index contributed by atoms with van der Waals surface area (Å²) >= 11 is 6.46. The van der Waals surface area contributed by atoms with Crippen LogP contribution >= 0.6 is 11.6 Å². The van der Waals surface area contributed by atoms with E-state index in [-0.39, 0.29) is 17.4 Å². The minimum Gasteiger partial charge on any atom is -0.508 e. The number of amides is 1. The SMILES string of the molecule is Cc1ccc2c(c1Cl)NC(=O)C2(c1ccc(O)cc1)c1ccc(O)cc1. The highest BCUT2D eigenvalue weighted by atomic mass is 35.5. The number of fused-ring (bicyclic) bond motifs is 1. The second-order valence-electron chi connectivity index (χ2n) is 6.42. The smallest absolute Gasteiger partial charge is 0.244 e. The van der Waals surface area contributed by atoms with E-state index in [1.165, 1.54) is 0 Å². The van der Waals surface area contributed by atoms with E-state index in [0.29, 0.717) is 21.8 Å². The Morgan fingerprint density at radius 1 is 0.846 bits per heavy atom. The third-order valence-electron chi connectivity index (χ3n) is 4.92. The Kier molecular flexibility index (Phi) is 3.67. The van der Waals surface area contributed by atoms with E-state index in [4.69, 9.17) is 11.6 Å². The minimum atomic E-state index is -1.12. The number of nitrogens with one attached hydrogen (secondary N) is 1. The van der Waals surface area contributed by atoms with Crippen LogP contribution in [-0.2, 0) is 10.2 Å². The summed E-state index contributed by atoms with van der Waals surface area (Å²) in [4.78, 5) is 13.3. The van der Waals surface area contributed by atoms with E-state index in [1.54, 1.807) is 48.5 Å². The van der Waals surface area contributed by atoms with Crippen molar-refractivity contribution in [2.24, 2.45) is 0 Å². The number of hydrogen-bond donors (Lipinski definition) is 3. The summed E-state index contributed by atoms with van der Waals surface area (Å²) < 4.78 is 0. The number of hydrogen-bond acceptors (Lipinski definition) is 3. The average Bonchev–Trinajstić information content (AvgIpc) is 2.93. The first-order valence-corrected chi connectivity index (χ1v) is 8.52. The molecule has 1 heterocycles. The molecule has 5 heteroatoms. The average molecular weight is 366 g/mol. The highest BCUT2D eigenvalue weighted by Crippen LogP contribution is 2.50. The molecule has 0 atom stereocenters. The monoisotopic (exact) mass is 365 g/mol. The summed E-state index contributed by atoms with van der Waals surface area (Å²) in [7, 11) is 0. The van der Waals surface area contributed by atoms with Crippen molar-refractivity contribution in [3.05, 3.63) is 87.9 Å². The molecule has 0 fully saturated rings. The first-order chi connectivity index (χ1) is 12.4. The lowest BCUT2D eigenvalue weighted by Crippen LogP contribution is -2.36. The zero-order valence-electron chi connectivity index (χ0n) is 14.0. The van der Waals surface area contributed by atoms with Crippen LogP contribution in [0.2, 0.25) is 5.02 Å². The molecule has 0 aliphatic carbocycles. The van der Waals surface area contributed by atoms with E-state index < -0.39 is 5.41 Å². The van der Waals surface area contributed by atoms with Gasteiger partial charge in [-0.3, -0.25) is 4.79 Å². The van der Waals surface area contributed by atoms with Crippen molar-refractivity contribution in [3.8, 4) is 11.5 Å². The molecule has 0 spiro atoms. The van der Waals surface area contributed by atoms with Gasteiger partial charge in [-0.1, -0.05) is 48.0 Å². The molecule has 4 rings (SSSR count). The Hall–Kier alpha value is -2.98. The topological polar surface area (TPSA) is 69.6 Å². The van der Waals surface area contributed by atoms with E-state index in [1.807, 2.05) is 19.1 Å². The van der Waals surface area contributed by atoms with Crippen molar-refractivity contribution >= 4 is 23.2 Å². The second kappa shape index (κ2) is 5.78. The van der Waals surface area contributed by atoms with Crippen molar-refractivity contribution in [2.45, 2.75) is 12.3 Å². The second-order valence-corrected chi connectivity index (χ2v) is 6.79. The fourth-order valence-corrected chi connectivity index (χ4v) is 3.82. The van der Waals surface area contributed by atoms with Crippen LogP contribution in [0.3, 0.4) is 0 Å². The summed E-state index contributed by atoms with van der Waals surface area (Å²) in [5, 5.41) is 22.8. The highest BCUT2D eigenvalue weighted by Gasteiger charge is 2.50. The Morgan fingerprint density at radius 3 is 1.85 bits per heavy atom. The first-order valence-electron chi connectivity index (χ1n) is 8.14. The van der Waals surface area contributed by atoms with Gasteiger partial charge in [0.25, 0.3) is 0 Å². The quantitative estimate of drug-likeness (QED) is 0.632. The molecule has 3 N–H and O–H groups in total. The van der Waals surface area contributed by atoms with Crippen LogP contribution in [0.4, 0.5) is 5.69 Å². The molecule has 3 aromatic rings. The fourth-order valence-electron chi connectivity index (χ4n) is 3.61. The van der Waals surface area contributed by atoms with Crippen LogP contribution in [0.25, 0.3) is 0 Å². The maximum Gasteiger partial charge on any atom is 0.244 e. The molecule has 1 aliphatic heterocycles. The fraction of sp³-hybridized carbons (Fsp3) is 0.0952. The molecular weight excluding hydrogens is 350 g/mol. The Morgan fingerprint density at radius 2 is 1.35 bits per heavy atom. The van der Waals surface area contributed by atoms with E-state index >= 15 is 0 Å². The summed E-state index contributed by atoms with van der Waals surface area (Å²) in [6.07, 6.45) is 0. The molecule has 0 unspecified atom stereocenters. The van der Waals surface area contributed by atoms with Gasteiger partial charge in [0.1, 0.15) is 16.9 Å². The molecule has 4 nitrogen and oxygen atoms in total. The highest BCUT2D eigenvalue weighted by molar-refractivity contribution is 6.36. The maximum absolute atomic E-state index is 13.3. The van der Waals surface area contributed by atoms with Gasteiger partial charge in [0.15, 0.2) is 0 Å². The Labute approximate surface area is 155 Å². The zero-order chi connectivity index (χ0) is 18.5.